The predicted octanol–water partition coefficient (Wildman–Crippen LogP) is 4.41. The van der Waals surface area contributed by atoms with Gasteiger partial charge in [0, 0.05) is 23.7 Å². The first-order valence-electron chi connectivity index (χ1n) is 7.03. The molecule has 0 aliphatic carbocycles. The second-order valence-corrected chi connectivity index (χ2v) is 7.48. The summed E-state index contributed by atoms with van der Waals surface area (Å²) in [6.07, 6.45) is 1.31. The van der Waals surface area contributed by atoms with Crippen molar-refractivity contribution in [3.05, 3.63) is 23.0 Å². The molecule has 0 saturated carbocycles. The van der Waals surface area contributed by atoms with Gasteiger partial charge >= 0.3 is 6.09 Å². The van der Waals surface area contributed by atoms with E-state index in [4.69, 9.17) is 16.3 Å². The van der Waals surface area contributed by atoms with E-state index in [1.54, 1.807) is 27.0 Å². The first-order chi connectivity index (χ1) is 9.88. The van der Waals surface area contributed by atoms with E-state index >= 15 is 0 Å². The molecule has 1 amide bonds. The van der Waals surface area contributed by atoms with E-state index in [-0.39, 0.29) is 16.3 Å². The second kappa shape index (κ2) is 6.65. The summed E-state index contributed by atoms with van der Waals surface area (Å²) in [5.41, 5.74) is 0.444. The number of nitrogens with zero attached hydrogens (tertiary/aromatic N) is 2. The molecule has 0 unspecified atom stereocenters. The van der Waals surface area contributed by atoms with Crippen LogP contribution in [0.3, 0.4) is 0 Å². The summed E-state index contributed by atoms with van der Waals surface area (Å²) in [5.74, 6) is -0.0929. The number of halogens is 1. The Morgan fingerprint density at radius 3 is 2.36 bits per heavy atom. The van der Waals surface area contributed by atoms with Crippen LogP contribution in [0, 0.1) is 5.41 Å². The first kappa shape index (κ1) is 18.4. The Morgan fingerprint density at radius 1 is 1.32 bits per heavy atom. The number of carbonyl (C=O) groups is 1. The fourth-order valence-corrected chi connectivity index (χ4v) is 1.74. The van der Waals surface area contributed by atoms with Crippen molar-refractivity contribution in [3.8, 4) is 5.75 Å². The number of carbonyl (C=O) groups excluding carboxylic acids is 1. The van der Waals surface area contributed by atoms with Gasteiger partial charge in [0.25, 0.3) is 0 Å². The number of rotatable bonds is 2. The van der Waals surface area contributed by atoms with Crippen LogP contribution in [-0.2, 0) is 11.2 Å². The molecule has 6 heteroatoms. The highest BCUT2D eigenvalue weighted by atomic mass is 35.5. The van der Waals surface area contributed by atoms with Crippen molar-refractivity contribution >= 4 is 23.4 Å². The minimum atomic E-state index is -0.622. The maximum atomic E-state index is 11.9. The van der Waals surface area contributed by atoms with Gasteiger partial charge in [0.05, 0.1) is 0 Å². The molecule has 0 fully saturated rings. The van der Waals surface area contributed by atoms with Crippen LogP contribution < -0.4 is 0 Å². The Balaban J connectivity index is 3.04. The summed E-state index contributed by atoms with van der Waals surface area (Å²) in [4.78, 5) is 19.9. The molecular formula is C16H23ClN2O3. The Bertz CT molecular complexity index is 584. The van der Waals surface area contributed by atoms with Crippen molar-refractivity contribution < 1.29 is 14.6 Å². The van der Waals surface area contributed by atoms with E-state index in [1.165, 1.54) is 6.07 Å². The van der Waals surface area contributed by atoms with Crippen LogP contribution in [0.15, 0.2) is 17.3 Å². The monoisotopic (exact) mass is 326 g/mol. The number of hydrogen-bond acceptors (Lipinski definition) is 4. The van der Waals surface area contributed by atoms with Crippen molar-refractivity contribution in [1.29, 1.82) is 0 Å². The van der Waals surface area contributed by atoms with E-state index in [1.807, 2.05) is 20.8 Å². The van der Waals surface area contributed by atoms with Crippen molar-refractivity contribution in [1.82, 2.24) is 4.98 Å². The molecule has 122 valence electrons. The first-order valence-corrected chi connectivity index (χ1v) is 7.41. The van der Waals surface area contributed by atoms with Gasteiger partial charge in [-0.25, -0.2) is 9.78 Å². The molecule has 5 nitrogen and oxygen atoms in total. The normalized spacial score (nSPS) is 13.1. The lowest BCUT2D eigenvalue weighted by atomic mass is 9.86. The maximum absolute atomic E-state index is 11.9. The molecule has 1 aromatic heterocycles. The van der Waals surface area contributed by atoms with Crippen LogP contribution in [0.1, 0.15) is 47.1 Å². The molecule has 22 heavy (non-hydrogen) atoms. The molecule has 1 rings (SSSR count). The Morgan fingerprint density at radius 2 is 1.91 bits per heavy atom. The van der Waals surface area contributed by atoms with E-state index in [0.29, 0.717) is 12.1 Å². The number of ether oxygens (including phenoxy) is 1. The Hall–Kier alpha value is -1.62. The summed E-state index contributed by atoms with van der Waals surface area (Å²) in [6, 6.07) is 1.52. The molecular weight excluding hydrogens is 304 g/mol. The number of hydrogen-bond donors (Lipinski definition) is 1. The number of amides is 1. The van der Waals surface area contributed by atoms with E-state index in [0.717, 1.165) is 5.56 Å². The molecule has 0 saturated heterocycles. The Kier molecular flexibility index (Phi) is 5.57. The minimum absolute atomic E-state index is 0.0464. The third-order valence-corrected chi connectivity index (χ3v) is 3.03. The van der Waals surface area contributed by atoms with Crippen LogP contribution in [0.25, 0.3) is 0 Å². The van der Waals surface area contributed by atoms with E-state index < -0.39 is 11.7 Å². The molecule has 0 atom stereocenters. The highest BCUT2D eigenvalue weighted by Gasteiger charge is 2.23. The van der Waals surface area contributed by atoms with Crippen molar-refractivity contribution in [3.63, 3.8) is 0 Å². The minimum Gasteiger partial charge on any atom is -0.505 e. The molecule has 0 aliphatic rings. The van der Waals surface area contributed by atoms with E-state index in [9.17, 15) is 9.90 Å². The predicted molar refractivity (Wildman–Crippen MR) is 87.7 cm³/mol. The van der Waals surface area contributed by atoms with Gasteiger partial charge < -0.3 is 9.84 Å². The molecule has 1 heterocycles. The van der Waals surface area contributed by atoms with Gasteiger partial charge in [-0.1, -0.05) is 32.4 Å². The summed E-state index contributed by atoms with van der Waals surface area (Å²) in [5, 5.41) is 9.67. The van der Waals surface area contributed by atoms with Crippen LogP contribution >= 0.6 is 11.6 Å². The summed E-state index contributed by atoms with van der Waals surface area (Å²) >= 11 is 5.70. The highest BCUT2D eigenvalue weighted by molar-refractivity contribution is 6.30. The lowest BCUT2D eigenvalue weighted by molar-refractivity contribution is 0.0602. The van der Waals surface area contributed by atoms with Crippen molar-refractivity contribution in [2.45, 2.75) is 53.6 Å². The fourth-order valence-electron chi connectivity index (χ4n) is 1.64. The molecule has 0 bridgehead atoms. The number of aliphatic imine (C=N–C) groups is 1. The highest BCUT2D eigenvalue weighted by Crippen LogP contribution is 2.24. The smallest absolute Gasteiger partial charge is 0.434 e. The van der Waals surface area contributed by atoms with Gasteiger partial charge in [0.1, 0.15) is 5.60 Å². The SMILES string of the molecule is CC(C)(C)OC(=O)/N=C(\Cc1cnc(Cl)c(O)c1)C(C)(C)C. The third kappa shape index (κ3) is 6.02. The zero-order chi connectivity index (χ0) is 17.1. The molecule has 0 aromatic carbocycles. The zero-order valence-corrected chi connectivity index (χ0v) is 14.7. The largest absolute Gasteiger partial charge is 0.505 e. The van der Waals surface area contributed by atoms with Gasteiger partial charge in [-0.15, -0.1) is 0 Å². The van der Waals surface area contributed by atoms with Gasteiger partial charge in [0.15, 0.2) is 10.9 Å². The summed E-state index contributed by atoms with van der Waals surface area (Å²) in [6.45, 7) is 11.2. The van der Waals surface area contributed by atoms with Crippen LogP contribution in [0.5, 0.6) is 5.75 Å². The van der Waals surface area contributed by atoms with E-state index in [2.05, 4.69) is 9.98 Å². The van der Waals surface area contributed by atoms with Crippen LogP contribution in [0.2, 0.25) is 5.15 Å². The summed E-state index contributed by atoms with van der Waals surface area (Å²) < 4.78 is 5.23. The molecule has 1 aromatic rings. The zero-order valence-electron chi connectivity index (χ0n) is 13.9. The topological polar surface area (TPSA) is 71.8 Å². The van der Waals surface area contributed by atoms with Gasteiger partial charge in [-0.05, 0) is 32.4 Å². The van der Waals surface area contributed by atoms with Crippen molar-refractivity contribution in [2.75, 3.05) is 0 Å². The third-order valence-electron chi connectivity index (χ3n) is 2.73. The van der Waals surface area contributed by atoms with Crippen LogP contribution in [0.4, 0.5) is 4.79 Å². The lowest BCUT2D eigenvalue weighted by Crippen LogP contribution is -2.27. The molecule has 1 N–H and O–H groups in total. The molecule has 0 aliphatic heterocycles. The van der Waals surface area contributed by atoms with Crippen LogP contribution in [-0.4, -0.2) is 27.5 Å². The number of aromatic hydroxyl groups is 1. The second-order valence-electron chi connectivity index (χ2n) is 7.12. The van der Waals surface area contributed by atoms with Gasteiger partial charge in [0.2, 0.25) is 0 Å². The Labute approximate surface area is 136 Å². The molecule has 0 radical (unpaired) electrons. The quantitative estimate of drug-likeness (QED) is 0.645. The standard InChI is InChI=1S/C16H23ClN2O3/c1-15(2,3)12(19-14(21)22-16(4,5)6)8-10-7-11(20)13(17)18-9-10/h7,9,20H,8H2,1-6H3/b19-12+. The van der Waals surface area contributed by atoms with Crippen molar-refractivity contribution in [2.24, 2.45) is 10.4 Å². The average Bonchev–Trinajstić information content (AvgIpc) is 2.29. The lowest BCUT2D eigenvalue weighted by Gasteiger charge is -2.23. The summed E-state index contributed by atoms with van der Waals surface area (Å²) in [7, 11) is 0. The fraction of sp³-hybridized carbons (Fsp3) is 0.562. The van der Waals surface area contributed by atoms with Gasteiger partial charge in [-0.3, -0.25) is 0 Å². The van der Waals surface area contributed by atoms with Gasteiger partial charge in [-0.2, -0.15) is 4.99 Å². The average molecular weight is 327 g/mol. The maximum Gasteiger partial charge on any atom is 0.434 e. The number of pyridine rings is 1. The molecule has 0 spiro atoms. The number of aromatic nitrogens is 1.